The van der Waals surface area contributed by atoms with E-state index in [-0.39, 0.29) is 18.6 Å². The first-order valence-electron chi connectivity index (χ1n) is 6.99. The summed E-state index contributed by atoms with van der Waals surface area (Å²) < 4.78 is 64.6. The third kappa shape index (κ3) is 3.67. The maximum absolute atomic E-state index is 13.6. The minimum Gasteiger partial charge on any atom is -0.466 e. The van der Waals surface area contributed by atoms with Crippen LogP contribution in [0, 0.1) is 11.6 Å². The van der Waals surface area contributed by atoms with Crippen LogP contribution in [0.1, 0.15) is 18.4 Å². The van der Waals surface area contributed by atoms with E-state index in [1.54, 1.807) is 0 Å². The normalized spacial score (nSPS) is 23.3. The number of ether oxygens (including phenoxy) is 1. The van der Waals surface area contributed by atoms with Crippen molar-refractivity contribution in [3.05, 3.63) is 35.4 Å². The molecule has 2 N–H and O–H groups in total. The van der Waals surface area contributed by atoms with Gasteiger partial charge >= 0.3 is 0 Å². The molecule has 9 heteroatoms. The SMILES string of the molecule is O=COCC(C1(c2ccc(F)c(F)c2)CCCNC1)S(=O)(=O)O. The summed E-state index contributed by atoms with van der Waals surface area (Å²) in [6.07, 6.45) is 0.865. The molecule has 1 saturated heterocycles. The number of carbonyl (C=O) groups is 1. The van der Waals surface area contributed by atoms with Crippen molar-refractivity contribution >= 4 is 16.6 Å². The van der Waals surface area contributed by atoms with Gasteiger partial charge in [-0.3, -0.25) is 9.35 Å². The number of carbonyl (C=O) groups excluding carboxylic acids is 1. The van der Waals surface area contributed by atoms with Crippen LogP contribution < -0.4 is 5.32 Å². The Bertz CT molecular complexity index is 674. The van der Waals surface area contributed by atoms with E-state index in [1.165, 1.54) is 6.07 Å². The van der Waals surface area contributed by atoms with Crippen LogP contribution in [0.2, 0.25) is 0 Å². The number of halogens is 2. The number of hydrogen-bond acceptors (Lipinski definition) is 5. The molecule has 0 spiro atoms. The van der Waals surface area contributed by atoms with Crippen LogP contribution in [-0.4, -0.2) is 44.4 Å². The molecule has 6 nitrogen and oxygen atoms in total. The van der Waals surface area contributed by atoms with Crippen molar-refractivity contribution < 1.29 is 31.3 Å². The lowest BCUT2D eigenvalue weighted by Gasteiger charge is -2.42. The highest BCUT2D eigenvalue weighted by atomic mass is 32.2. The van der Waals surface area contributed by atoms with Crippen LogP contribution in [-0.2, 0) is 25.1 Å². The quantitative estimate of drug-likeness (QED) is 0.588. The predicted molar refractivity (Wildman–Crippen MR) is 77.5 cm³/mol. The summed E-state index contributed by atoms with van der Waals surface area (Å²) >= 11 is 0. The fourth-order valence-corrected chi connectivity index (χ4v) is 4.26. The van der Waals surface area contributed by atoms with Gasteiger partial charge in [-0.25, -0.2) is 8.78 Å². The highest BCUT2D eigenvalue weighted by Crippen LogP contribution is 2.38. The van der Waals surface area contributed by atoms with Crippen LogP contribution in [0.25, 0.3) is 0 Å². The number of rotatable bonds is 6. The largest absolute Gasteiger partial charge is 0.466 e. The zero-order valence-corrected chi connectivity index (χ0v) is 13.0. The van der Waals surface area contributed by atoms with Crippen LogP contribution in [0.3, 0.4) is 0 Å². The van der Waals surface area contributed by atoms with Gasteiger partial charge in [-0.2, -0.15) is 8.42 Å². The molecular weight excluding hydrogens is 332 g/mol. The van der Waals surface area contributed by atoms with Crippen LogP contribution >= 0.6 is 0 Å². The highest BCUT2D eigenvalue weighted by Gasteiger charge is 2.48. The van der Waals surface area contributed by atoms with Crippen molar-refractivity contribution in [2.24, 2.45) is 0 Å². The Morgan fingerprint density at radius 3 is 2.65 bits per heavy atom. The van der Waals surface area contributed by atoms with Crippen molar-refractivity contribution in [3.63, 3.8) is 0 Å². The molecule has 1 aliphatic rings. The molecule has 1 aromatic carbocycles. The molecule has 1 fully saturated rings. The lowest BCUT2D eigenvalue weighted by atomic mass is 9.72. The van der Waals surface area contributed by atoms with Gasteiger partial charge in [-0.15, -0.1) is 0 Å². The number of nitrogens with one attached hydrogen (secondary N) is 1. The lowest BCUT2D eigenvalue weighted by Crippen LogP contribution is -2.55. The summed E-state index contributed by atoms with van der Waals surface area (Å²) in [5.74, 6) is -2.17. The minimum atomic E-state index is -4.61. The molecule has 23 heavy (non-hydrogen) atoms. The van der Waals surface area contributed by atoms with E-state index < -0.39 is 39.0 Å². The van der Waals surface area contributed by atoms with Crippen LogP contribution in [0.5, 0.6) is 0 Å². The lowest BCUT2D eigenvalue weighted by molar-refractivity contribution is -0.129. The molecule has 2 unspecified atom stereocenters. The molecule has 1 heterocycles. The third-order valence-corrected chi connectivity index (χ3v) is 5.51. The minimum absolute atomic E-state index is 0.0768. The smallest absolute Gasteiger partial charge is 0.293 e. The third-order valence-electron chi connectivity index (χ3n) is 4.20. The maximum Gasteiger partial charge on any atom is 0.293 e. The summed E-state index contributed by atoms with van der Waals surface area (Å²) in [5, 5.41) is 1.51. The fourth-order valence-electron chi connectivity index (χ4n) is 3.10. The average Bonchev–Trinajstić information content (AvgIpc) is 2.50. The van der Waals surface area contributed by atoms with E-state index >= 15 is 0 Å². The first-order chi connectivity index (χ1) is 10.8. The van der Waals surface area contributed by atoms with E-state index in [9.17, 15) is 26.5 Å². The molecule has 1 aromatic rings. The number of hydrogen-bond donors (Lipinski definition) is 2. The van der Waals surface area contributed by atoms with E-state index in [4.69, 9.17) is 0 Å². The Morgan fingerprint density at radius 1 is 1.39 bits per heavy atom. The predicted octanol–water partition coefficient (Wildman–Crippen LogP) is 1.02. The van der Waals surface area contributed by atoms with E-state index in [1.807, 2.05) is 0 Å². The Morgan fingerprint density at radius 2 is 2.13 bits per heavy atom. The molecule has 0 aromatic heterocycles. The van der Waals surface area contributed by atoms with Gasteiger partial charge < -0.3 is 10.1 Å². The van der Waals surface area contributed by atoms with Crippen molar-refractivity contribution in [2.75, 3.05) is 19.7 Å². The number of piperidine rings is 1. The molecule has 2 atom stereocenters. The van der Waals surface area contributed by atoms with E-state index in [0.717, 1.165) is 12.1 Å². The van der Waals surface area contributed by atoms with Crippen LogP contribution in [0.15, 0.2) is 18.2 Å². The Hall–Kier alpha value is -1.58. The molecule has 0 radical (unpaired) electrons. The Kier molecular flexibility index (Phi) is 5.33. The first kappa shape index (κ1) is 17.8. The molecule has 0 aliphatic carbocycles. The molecule has 128 valence electrons. The summed E-state index contributed by atoms with van der Waals surface area (Å²) in [4.78, 5) is 10.4. The molecule has 0 amide bonds. The summed E-state index contributed by atoms with van der Waals surface area (Å²) in [5.41, 5.74) is -1.01. The zero-order valence-electron chi connectivity index (χ0n) is 12.2. The van der Waals surface area contributed by atoms with Crippen molar-refractivity contribution in [1.82, 2.24) is 5.32 Å². The Balaban J connectivity index is 2.56. The molecule has 2 rings (SSSR count). The monoisotopic (exact) mass is 349 g/mol. The number of benzene rings is 1. The van der Waals surface area contributed by atoms with Gasteiger partial charge in [0.1, 0.15) is 11.9 Å². The molecule has 0 saturated carbocycles. The second-order valence-electron chi connectivity index (χ2n) is 5.50. The molecular formula is C14H17F2NO5S. The van der Waals surface area contributed by atoms with Crippen molar-refractivity contribution in [1.29, 1.82) is 0 Å². The summed E-state index contributed by atoms with van der Waals surface area (Å²) in [7, 11) is -4.61. The van der Waals surface area contributed by atoms with Crippen LogP contribution in [0.4, 0.5) is 8.78 Å². The van der Waals surface area contributed by atoms with Crippen molar-refractivity contribution in [2.45, 2.75) is 23.5 Å². The van der Waals surface area contributed by atoms with Gasteiger partial charge in [0.15, 0.2) is 11.6 Å². The standard InChI is InChI=1S/C14H17F2NO5S/c15-11-3-2-10(6-12(11)16)14(4-1-5-17-8-14)13(7-22-9-18)23(19,20)21/h2-3,6,9,13,17H,1,4-5,7-8H2,(H,19,20,21). The van der Waals surface area contributed by atoms with Crippen molar-refractivity contribution in [3.8, 4) is 0 Å². The maximum atomic E-state index is 13.6. The Labute approximate surface area is 132 Å². The molecule has 1 aliphatic heterocycles. The second-order valence-corrected chi connectivity index (χ2v) is 7.10. The molecule has 0 bridgehead atoms. The first-order valence-corrected chi connectivity index (χ1v) is 8.49. The zero-order chi connectivity index (χ0) is 17.1. The second kappa shape index (κ2) is 6.90. The summed E-state index contributed by atoms with van der Waals surface area (Å²) in [6.45, 7) is 0.235. The average molecular weight is 349 g/mol. The van der Waals surface area contributed by atoms with Gasteiger partial charge in [0.25, 0.3) is 16.6 Å². The van der Waals surface area contributed by atoms with Gasteiger partial charge in [0.2, 0.25) is 0 Å². The highest BCUT2D eigenvalue weighted by molar-refractivity contribution is 7.86. The van der Waals surface area contributed by atoms with Gasteiger partial charge in [-0.1, -0.05) is 6.07 Å². The fraction of sp³-hybridized carbons (Fsp3) is 0.500. The van der Waals surface area contributed by atoms with Gasteiger partial charge in [-0.05, 0) is 37.1 Å². The topological polar surface area (TPSA) is 92.7 Å². The van der Waals surface area contributed by atoms with E-state index in [2.05, 4.69) is 10.1 Å². The van der Waals surface area contributed by atoms with E-state index in [0.29, 0.717) is 19.4 Å². The van der Waals surface area contributed by atoms with Gasteiger partial charge in [0, 0.05) is 12.0 Å². The summed E-state index contributed by atoms with van der Waals surface area (Å²) in [6, 6.07) is 3.11. The van der Waals surface area contributed by atoms with Gasteiger partial charge in [0.05, 0.1) is 0 Å².